The highest BCUT2D eigenvalue weighted by Gasteiger charge is 2.58. The molecule has 0 unspecified atom stereocenters. The van der Waals surface area contributed by atoms with E-state index in [9.17, 15) is 9.59 Å². The third kappa shape index (κ3) is 5.34. The van der Waals surface area contributed by atoms with Crippen molar-refractivity contribution >= 4 is 11.8 Å². The minimum absolute atomic E-state index is 0.0329. The molecule has 4 heteroatoms. The number of hydrogen-bond donors (Lipinski definition) is 0. The van der Waals surface area contributed by atoms with E-state index in [1.54, 1.807) is 0 Å². The molecule has 0 aliphatic heterocycles. The second-order valence-electron chi connectivity index (χ2n) is 10.9. The SMILES string of the molecule is CC(C)OC(C)(C)CC(C)(C)OC(=O)[C@H]1CC[C@@](C)(C(=O)C(C)C)C1(C)C. The Balaban J connectivity index is 2.93. The van der Waals surface area contributed by atoms with Gasteiger partial charge in [-0.2, -0.15) is 0 Å². The average Bonchev–Trinajstić information content (AvgIpc) is 2.65. The van der Waals surface area contributed by atoms with E-state index in [-0.39, 0.29) is 35.3 Å². The summed E-state index contributed by atoms with van der Waals surface area (Å²) in [4.78, 5) is 25.9. The predicted octanol–water partition coefficient (Wildman–Crippen LogP) is 5.57. The molecular formula is C23H42O4. The van der Waals surface area contributed by atoms with E-state index < -0.39 is 16.4 Å². The maximum absolute atomic E-state index is 13.1. The average molecular weight is 383 g/mol. The number of esters is 1. The van der Waals surface area contributed by atoms with Crippen LogP contribution in [0.15, 0.2) is 0 Å². The summed E-state index contributed by atoms with van der Waals surface area (Å²) in [6.45, 7) is 21.9. The van der Waals surface area contributed by atoms with Crippen molar-refractivity contribution in [2.24, 2.45) is 22.7 Å². The number of hydrogen-bond acceptors (Lipinski definition) is 4. The van der Waals surface area contributed by atoms with Gasteiger partial charge >= 0.3 is 5.97 Å². The fraction of sp³-hybridized carbons (Fsp3) is 0.913. The normalized spacial score (nSPS) is 25.9. The molecule has 1 fully saturated rings. The molecule has 1 aliphatic carbocycles. The molecule has 0 radical (unpaired) electrons. The van der Waals surface area contributed by atoms with Crippen molar-refractivity contribution in [1.82, 2.24) is 0 Å². The van der Waals surface area contributed by atoms with Crippen LogP contribution in [0.2, 0.25) is 0 Å². The van der Waals surface area contributed by atoms with Gasteiger partial charge in [-0.1, -0.05) is 34.6 Å². The van der Waals surface area contributed by atoms with Crippen molar-refractivity contribution < 1.29 is 19.1 Å². The van der Waals surface area contributed by atoms with Crippen LogP contribution in [-0.4, -0.2) is 29.1 Å². The lowest BCUT2D eigenvalue weighted by atomic mass is 9.62. The van der Waals surface area contributed by atoms with Gasteiger partial charge in [0, 0.05) is 17.8 Å². The summed E-state index contributed by atoms with van der Waals surface area (Å²) < 4.78 is 12.0. The van der Waals surface area contributed by atoms with Gasteiger partial charge in [0.2, 0.25) is 0 Å². The summed E-state index contributed by atoms with van der Waals surface area (Å²) >= 11 is 0. The molecule has 1 aliphatic rings. The minimum atomic E-state index is -0.632. The highest BCUT2D eigenvalue weighted by Crippen LogP contribution is 2.57. The van der Waals surface area contributed by atoms with E-state index in [2.05, 4.69) is 0 Å². The summed E-state index contributed by atoms with van der Waals surface area (Å²) in [5.74, 6) is -0.243. The van der Waals surface area contributed by atoms with Crippen molar-refractivity contribution in [2.45, 2.75) is 113 Å². The zero-order valence-corrected chi connectivity index (χ0v) is 19.5. The number of ketones is 1. The fourth-order valence-corrected chi connectivity index (χ4v) is 5.08. The molecule has 0 aromatic rings. The largest absolute Gasteiger partial charge is 0.459 e. The van der Waals surface area contributed by atoms with Crippen LogP contribution in [0, 0.1) is 22.7 Å². The third-order valence-corrected chi connectivity index (χ3v) is 6.36. The fourth-order valence-electron chi connectivity index (χ4n) is 5.08. The van der Waals surface area contributed by atoms with Crippen LogP contribution in [0.4, 0.5) is 0 Å². The first kappa shape index (κ1) is 24.1. The number of ether oxygens (including phenoxy) is 2. The van der Waals surface area contributed by atoms with E-state index in [4.69, 9.17) is 9.47 Å². The van der Waals surface area contributed by atoms with E-state index in [0.29, 0.717) is 12.8 Å². The summed E-state index contributed by atoms with van der Waals surface area (Å²) in [5, 5.41) is 0. The Kier molecular flexibility index (Phi) is 7.02. The van der Waals surface area contributed by atoms with Gasteiger partial charge in [0.15, 0.2) is 0 Å². The Morgan fingerprint density at radius 2 is 1.52 bits per heavy atom. The second-order valence-corrected chi connectivity index (χ2v) is 10.9. The first-order chi connectivity index (χ1) is 12.0. The van der Waals surface area contributed by atoms with Crippen LogP contribution >= 0.6 is 0 Å². The highest BCUT2D eigenvalue weighted by atomic mass is 16.6. The molecule has 0 aromatic heterocycles. The van der Waals surface area contributed by atoms with Gasteiger partial charge in [-0.05, 0) is 59.8 Å². The zero-order valence-electron chi connectivity index (χ0n) is 19.5. The lowest BCUT2D eigenvalue weighted by Crippen LogP contribution is -2.46. The topological polar surface area (TPSA) is 52.6 Å². The quantitative estimate of drug-likeness (QED) is 0.515. The Bertz CT molecular complexity index is 557. The van der Waals surface area contributed by atoms with Gasteiger partial charge in [0.25, 0.3) is 0 Å². The molecule has 158 valence electrons. The van der Waals surface area contributed by atoms with Crippen molar-refractivity contribution in [3.05, 3.63) is 0 Å². The first-order valence-electron chi connectivity index (χ1n) is 10.4. The number of Topliss-reactive ketones (excluding diaryl/α,β-unsaturated/α-hetero) is 1. The standard InChI is InChI=1S/C23H42O4/c1-15(2)18(24)23(11)13-12-17(22(23,9)10)19(25)27-21(7,8)14-20(5,6)26-16(3)4/h15-17H,12-14H2,1-11H3/t17-,23+/m1/s1. The number of rotatable bonds is 8. The molecule has 1 rings (SSSR count). The molecule has 0 saturated heterocycles. The lowest BCUT2D eigenvalue weighted by molar-refractivity contribution is -0.174. The Morgan fingerprint density at radius 1 is 1.00 bits per heavy atom. The smallest absolute Gasteiger partial charge is 0.310 e. The van der Waals surface area contributed by atoms with Gasteiger partial charge < -0.3 is 9.47 Å². The lowest BCUT2D eigenvalue weighted by Gasteiger charge is -2.42. The maximum Gasteiger partial charge on any atom is 0.310 e. The van der Waals surface area contributed by atoms with Gasteiger partial charge in [0.05, 0.1) is 17.6 Å². The van der Waals surface area contributed by atoms with Gasteiger partial charge in [-0.3, -0.25) is 9.59 Å². The predicted molar refractivity (Wildman–Crippen MR) is 110 cm³/mol. The van der Waals surface area contributed by atoms with Crippen molar-refractivity contribution in [3.8, 4) is 0 Å². The molecule has 2 atom stereocenters. The van der Waals surface area contributed by atoms with Crippen molar-refractivity contribution in [2.75, 3.05) is 0 Å². The van der Waals surface area contributed by atoms with Crippen LogP contribution in [-0.2, 0) is 19.1 Å². The number of carbonyl (C=O) groups excluding carboxylic acids is 2. The van der Waals surface area contributed by atoms with Gasteiger partial charge in [-0.15, -0.1) is 0 Å². The van der Waals surface area contributed by atoms with Crippen LogP contribution < -0.4 is 0 Å². The van der Waals surface area contributed by atoms with E-state index in [1.165, 1.54) is 0 Å². The van der Waals surface area contributed by atoms with Crippen LogP contribution in [0.1, 0.15) is 95.4 Å². The van der Waals surface area contributed by atoms with Crippen LogP contribution in [0.25, 0.3) is 0 Å². The van der Waals surface area contributed by atoms with Crippen molar-refractivity contribution in [3.63, 3.8) is 0 Å². The number of carbonyl (C=O) groups is 2. The summed E-state index contributed by atoms with van der Waals surface area (Å²) in [5.41, 5.74) is -1.93. The van der Waals surface area contributed by atoms with Crippen LogP contribution in [0.3, 0.4) is 0 Å². The van der Waals surface area contributed by atoms with E-state index in [1.807, 2.05) is 76.2 Å². The Morgan fingerprint density at radius 3 is 1.96 bits per heavy atom. The molecule has 0 N–H and O–H groups in total. The Labute approximate surface area is 166 Å². The van der Waals surface area contributed by atoms with Gasteiger partial charge in [-0.25, -0.2) is 0 Å². The van der Waals surface area contributed by atoms with Gasteiger partial charge in [0.1, 0.15) is 11.4 Å². The monoisotopic (exact) mass is 382 g/mol. The highest BCUT2D eigenvalue weighted by molar-refractivity contribution is 5.89. The van der Waals surface area contributed by atoms with E-state index in [0.717, 1.165) is 6.42 Å². The molecule has 0 amide bonds. The Hall–Kier alpha value is -0.900. The van der Waals surface area contributed by atoms with Crippen molar-refractivity contribution in [1.29, 1.82) is 0 Å². The zero-order chi connectivity index (χ0) is 21.4. The summed E-state index contributed by atoms with van der Waals surface area (Å²) in [7, 11) is 0. The molecule has 0 bridgehead atoms. The molecule has 4 nitrogen and oxygen atoms in total. The molecule has 0 spiro atoms. The molecular weight excluding hydrogens is 340 g/mol. The second kappa shape index (κ2) is 7.85. The molecule has 1 saturated carbocycles. The third-order valence-electron chi connectivity index (χ3n) is 6.36. The molecule has 27 heavy (non-hydrogen) atoms. The summed E-state index contributed by atoms with van der Waals surface area (Å²) in [6.07, 6.45) is 2.16. The first-order valence-corrected chi connectivity index (χ1v) is 10.4. The van der Waals surface area contributed by atoms with E-state index >= 15 is 0 Å². The van der Waals surface area contributed by atoms with Crippen LogP contribution in [0.5, 0.6) is 0 Å². The maximum atomic E-state index is 13.1. The molecule has 0 aromatic carbocycles. The minimum Gasteiger partial charge on any atom is -0.459 e. The summed E-state index contributed by atoms with van der Waals surface area (Å²) in [6, 6.07) is 0. The molecule has 0 heterocycles.